The monoisotopic (exact) mass is 394 g/mol. The summed E-state index contributed by atoms with van der Waals surface area (Å²) in [7, 11) is 1.68. The van der Waals surface area contributed by atoms with Gasteiger partial charge in [0.1, 0.15) is 5.75 Å². The van der Waals surface area contributed by atoms with Crippen molar-refractivity contribution in [2.75, 3.05) is 27.0 Å². The van der Waals surface area contributed by atoms with E-state index in [2.05, 4.69) is 12.1 Å². The van der Waals surface area contributed by atoms with Crippen LogP contribution in [0.3, 0.4) is 0 Å². The Morgan fingerprint density at radius 2 is 1.86 bits per heavy atom. The highest BCUT2D eigenvalue weighted by atomic mass is 16.7. The Morgan fingerprint density at radius 3 is 2.59 bits per heavy atom. The van der Waals surface area contributed by atoms with Crippen molar-refractivity contribution in [3.8, 4) is 17.2 Å². The number of amides is 1. The Morgan fingerprint density at radius 1 is 1.10 bits per heavy atom. The zero-order chi connectivity index (χ0) is 20.4. The molecule has 0 radical (unpaired) electrons. The highest BCUT2D eigenvalue weighted by Crippen LogP contribution is 2.39. The van der Waals surface area contributed by atoms with Gasteiger partial charge in [-0.3, -0.25) is 9.79 Å². The number of methoxy groups -OCH3 is 1. The second-order valence-corrected chi connectivity index (χ2v) is 7.14. The maximum absolute atomic E-state index is 13.1. The summed E-state index contributed by atoms with van der Waals surface area (Å²) in [6.07, 6.45) is 2.88. The fraction of sp³-hybridized carbons (Fsp3) is 0.391. The molecule has 1 amide bonds. The molecule has 1 heterocycles. The van der Waals surface area contributed by atoms with Crippen molar-refractivity contribution in [2.24, 2.45) is 4.99 Å². The second-order valence-electron chi connectivity index (χ2n) is 7.14. The van der Waals surface area contributed by atoms with E-state index in [1.54, 1.807) is 18.1 Å². The van der Waals surface area contributed by atoms with Crippen LogP contribution in [0.25, 0.3) is 0 Å². The summed E-state index contributed by atoms with van der Waals surface area (Å²) >= 11 is 0. The van der Waals surface area contributed by atoms with E-state index in [4.69, 9.17) is 19.2 Å². The lowest BCUT2D eigenvalue weighted by molar-refractivity contribution is 0.0773. The number of aliphatic imine (C=N–C) groups is 1. The Bertz CT molecular complexity index is 964. The van der Waals surface area contributed by atoms with E-state index in [-0.39, 0.29) is 12.7 Å². The molecule has 1 aliphatic heterocycles. The lowest BCUT2D eigenvalue weighted by atomic mass is 9.89. The number of ether oxygens (including phenoxy) is 3. The molecular formula is C23H26N2O4. The Labute approximate surface area is 171 Å². The zero-order valence-corrected chi connectivity index (χ0v) is 17.2. The average molecular weight is 394 g/mol. The fourth-order valence-corrected chi connectivity index (χ4v) is 3.90. The van der Waals surface area contributed by atoms with Crippen LogP contribution in [0, 0.1) is 0 Å². The van der Waals surface area contributed by atoms with E-state index in [9.17, 15) is 4.79 Å². The number of carbonyl (C=O) groups excluding carboxylic acids is 1. The molecule has 152 valence electrons. The van der Waals surface area contributed by atoms with Crippen molar-refractivity contribution in [1.29, 1.82) is 0 Å². The molecule has 0 atom stereocenters. The van der Waals surface area contributed by atoms with Gasteiger partial charge in [0.2, 0.25) is 6.79 Å². The second kappa shape index (κ2) is 8.15. The van der Waals surface area contributed by atoms with Crippen LogP contribution in [0.1, 0.15) is 48.2 Å². The van der Waals surface area contributed by atoms with Crippen molar-refractivity contribution < 1.29 is 19.0 Å². The van der Waals surface area contributed by atoms with Crippen LogP contribution in [0.4, 0.5) is 5.69 Å². The summed E-state index contributed by atoms with van der Waals surface area (Å²) in [5, 5.41) is 0. The van der Waals surface area contributed by atoms with E-state index in [1.807, 2.05) is 26.0 Å². The zero-order valence-electron chi connectivity index (χ0n) is 17.2. The number of rotatable bonds is 5. The Balaban J connectivity index is 1.80. The number of nitrogens with zero attached hydrogens (tertiary/aromatic N) is 2. The minimum atomic E-state index is -0.0431. The van der Waals surface area contributed by atoms with E-state index >= 15 is 0 Å². The lowest BCUT2D eigenvalue weighted by Gasteiger charge is -2.21. The van der Waals surface area contributed by atoms with Gasteiger partial charge < -0.3 is 19.1 Å². The lowest BCUT2D eigenvalue weighted by Crippen LogP contribution is -2.30. The molecule has 1 aliphatic carbocycles. The van der Waals surface area contributed by atoms with E-state index in [0.717, 1.165) is 36.3 Å². The Kier molecular flexibility index (Phi) is 5.43. The van der Waals surface area contributed by atoms with Gasteiger partial charge in [0.05, 0.1) is 18.4 Å². The summed E-state index contributed by atoms with van der Waals surface area (Å²) in [6, 6.07) is 9.68. The largest absolute Gasteiger partial charge is 0.497 e. The summed E-state index contributed by atoms with van der Waals surface area (Å²) in [4.78, 5) is 19.9. The minimum Gasteiger partial charge on any atom is -0.497 e. The molecule has 2 aliphatic rings. The van der Waals surface area contributed by atoms with E-state index in [0.29, 0.717) is 35.8 Å². The van der Waals surface area contributed by atoms with Crippen LogP contribution in [-0.4, -0.2) is 43.5 Å². The average Bonchev–Trinajstić information content (AvgIpc) is 3.21. The van der Waals surface area contributed by atoms with Crippen molar-refractivity contribution in [3.63, 3.8) is 0 Å². The van der Waals surface area contributed by atoms with Gasteiger partial charge in [-0.1, -0.05) is 0 Å². The Hall–Kier alpha value is -3.02. The minimum absolute atomic E-state index is 0.0431. The highest BCUT2D eigenvalue weighted by Gasteiger charge is 2.24. The number of carbonyl (C=O) groups is 1. The first kappa shape index (κ1) is 19.3. The van der Waals surface area contributed by atoms with Crippen molar-refractivity contribution in [1.82, 2.24) is 4.90 Å². The molecule has 6 nitrogen and oxygen atoms in total. The van der Waals surface area contributed by atoms with Crippen molar-refractivity contribution in [3.05, 3.63) is 47.0 Å². The molecule has 6 heteroatoms. The third kappa shape index (κ3) is 3.67. The molecular weight excluding hydrogens is 368 g/mol. The number of benzene rings is 2. The molecule has 0 saturated heterocycles. The first-order valence-corrected chi connectivity index (χ1v) is 10.1. The molecule has 0 saturated carbocycles. The van der Waals surface area contributed by atoms with Crippen LogP contribution in [0.2, 0.25) is 0 Å². The number of aryl methyl sites for hydroxylation is 1. The highest BCUT2D eigenvalue weighted by molar-refractivity contribution is 6.07. The molecule has 0 spiro atoms. The standard InChI is InChI=1S/C23H26N2O4/c1-4-25(5-2)23(26)18-12-21-22(29-14-28-21)13-20(18)24-19-8-6-7-15-11-16(27-3)9-10-17(15)19/h9-13H,4-8,14H2,1-3H3. The topological polar surface area (TPSA) is 60.4 Å². The molecule has 4 rings (SSSR count). The molecule has 2 aromatic rings. The van der Waals surface area contributed by atoms with E-state index in [1.165, 1.54) is 5.56 Å². The molecule has 0 N–H and O–H groups in total. The predicted molar refractivity (Wildman–Crippen MR) is 112 cm³/mol. The quantitative estimate of drug-likeness (QED) is 0.756. The molecule has 0 unspecified atom stereocenters. The molecule has 0 bridgehead atoms. The summed E-state index contributed by atoms with van der Waals surface area (Å²) < 4.78 is 16.4. The number of fused-ring (bicyclic) bond motifs is 2. The first-order valence-electron chi connectivity index (χ1n) is 10.1. The van der Waals surface area contributed by atoms with Gasteiger partial charge in [-0.15, -0.1) is 0 Å². The summed E-state index contributed by atoms with van der Waals surface area (Å²) in [5.41, 5.74) is 4.51. The van der Waals surface area contributed by atoms with Gasteiger partial charge in [-0.2, -0.15) is 0 Å². The number of hydrogen-bond donors (Lipinski definition) is 0. The van der Waals surface area contributed by atoms with Gasteiger partial charge in [0, 0.05) is 24.9 Å². The summed E-state index contributed by atoms with van der Waals surface area (Å²) in [5.74, 6) is 2.04. The molecule has 0 aromatic heterocycles. The summed E-state index contributed by atoms with van der Waals surface area (Å²) in [6.45, 7) is 5.40. The maximum atomic E-state index is 13.1. The van der Waals surface area contributed by atoms with Crippen molar-refractivity contribution in [2.45, 2.75) is 33.1 Å². The maximum Gasteiger partial charge on any atom is 0.256 e. The van der Waals surface area contributed by atoms with Crippen LogP contribution in [0.15, 0.2) is 35.3 Å². The smallest absolute Gasteiger partial charge is 0.256 e. The van der Waals surface area contributed by atoms with Gasteiger partial charge >= 0.3 is 0 Å². The van der Waals surface area contributed by atoms with Gasteiger partial charge in [-0.25, -0.2) is 0 Å². The van der Waals surface area contributed by atoms with Crippen LogP contribution >= 0.6 is 0 Å². The van der Waals surface area contributed by atoms with Gasteiger partial charge in [0.25, 0.3) is 5.91 Å². The third-order valence-corrected chi connectivity index (χ3v) is 5.51. The molecule has 29 heavy (non-hydrogen) atoms. The number of hydrogen-bond acceptors (Lipinski definition) is 5. The van der Waals surface area contributed by atoms with Gasteiger partial charge in [0.15, 0.2) is 11.5 Å². The van der Waals surface area contributed by atoms with Crippen LogP contribution < -0.4 is 14.2 Å². The molecule has 0 fully saturated rings. The van der Waals surface area contributed by atoms with Gasteiger partial charge in [-0.05, 0) is 68.5 Å². The normalized spacial score (nSPS) is 15.9. The first-order chi connectivity index (χ1) is 14.1. The van der Waals surface area contributed by atoms with Crippen molar-refractivity contribution >= 4 is 17.3 Å². The van der Waals surface area contributed by atoms with E-state index < -0.39 is 0 Å². The third-order valence-electron chi connectivity index (χ3n) is 5.51. The van der Waals surface area contributed by atoms with Crippen LogP contribution in [-0.2, 0) is 6.42 Å². The fourth-order valence-electron chi connectivity index (χ4n) is 3.90. The predicted octanol–water partition coefficient (Wildman–Crippen LogP) is 4.36. The SMILES string of the molecule is CCN(CC)C(=O)c1cc2c(cc1N=C1CCCc3cc(OC)ccc31)OCO2. The van der Waals surface area contributed by atoms with Crippen LogP contribution in [0.5, 0.6) is 17.2 Å². The molecule has 2 aromatic carbocycles.